The quantitative estimate of drug-likeness (QED) is 0.537. The first-order chi connectivity index (χ1) is 12.2. The van der Waals surface area contributed by atoms with Gasteiger partial charge in [0.2, 0.25) is 0 Å². The molecular formula is C24H23N. The fourth-order valence-corrected chi connectivity index (χ4v) is 3.30. The third-order valence-electron chi connectivity index (χ3n) is 4.77. The van der Waals surface area contributed by atoms with Crippen molar-refractivity contribution < 1.29 is 0 Å². The van der Waals surface area contributed by atoms with Crippen LogP contribution in [0.1, 0.15) is 48.4 Å². The Kier molecular flexibility index (Phi) is 5.31. The van der Waals surface area contributed by atoms with E-state index in [9.17, 15) is 0 Å². The van der Waals surface area contributed by atoms with E-state index >= 15 is 0 Å². The zero-order valence-electron chi connectivity index (χ0n) is 14.9. The van der Waals surface area contributed by atoms with E-state index < -0.39 is 0 Å². The lowest BCUT2D eigenvalue weighted by atomic mass is 9.86. The Hall–Kier alpha value is -2.85. The van der Waals surface area contributed by atoms with Crippen LogP contribution in [0.15, 0.2) is 72.8 Å². The molecular weight excluding hydrogens is 302 g/mol. The van der Waals surface area contributed by atoms with Crippen LogP contribution >= 0.6 is 0 Å². The second-order valence-electron chi connectivity index (χ2n) is 6.49. The van der Waals surface area contributed by atoms with Gasteiger partial charge in [-0.05, 0) is 46.4 Å². The van der Waals surface area contributed by atoms with Gasteiger partial charge in [0, 0.05) is 5.92 Å². The highest BCUT2D eigenvalue weighted by Gasteiger charge is 2.13. The van der Waals surface area contributed by atoms with E-state index in [0.717, 1.165) is 12.0 Å². The van der Waals surface area contributed by atoms with Crippen LogP contribution in [0, 0.1) is 11.3 Å². The smallest absolute Gasteiger partial charge is 0.0991 e. The minimum absolute atomic E-state index is 0.322. The monoisotopic (exact) mass is 325 g/mol. The van der Waals surface area contributed by atoms with Gasteiger partial charge >= 0.3 is 0 Å². The summed E-state index contributed by atoms with van der Waals surface area (Å²) in [4.78, 5) is 0. The van der Waals surface area contributed by atoms with E-state index in [2.05, 4.69) is 68.4 Å². The molecule has 0 bridgehead atoms. The maximum atomic E-state index is 9.00. The average molecular weight is 325 g/mol. The SMILES string of the molecule is CCCc1ccc(C(C)c2ccccc2-c2ccc(C#N)cc2)cc1. The number of nitriles is 1. The summed E-state index contributed by atoms with van der Waals surface area (Å²) in [5, 5.41) is 9.00. The van der Waals surface area contributed by atoms with Gasteiger partial charge in [-0.1, -0.05) is 80.9 Å². The molecule has 1 heteroatoms. The number of rotatable bonds is 5. The number of benzene rings is 3. The standard InChI is InChI=1S/C24H23N/c1-3-6-19-9-13-21(14-10-19)18(2)23-7-4-5-8-24(23)22-15-11-20(17-25)12-16-22/h4-5,7-16,18H,3,6H2,1-2H3. The van der Waals surface area contributed by atoms with Crippen LogP contribution in [-0.4, -0.2) is 0 Å². The zero-order valence-corrected chi connectivity index (χ0v) is 14.9. The fourth-order valence-electron chi connectivity index (χ4n) is 3.30. The van der Waals surface area contributed by atoms with Gasteiger partial charge in [0.1, 0.15) is 0 Å². The van der Waals surface area contributed by atoms with E-state index in [4.69, 9.17) is 5.26 Å². The summed E-state index contributed by atoms with van der Waals surface area (Å²) in [5.41, 5.74) is 7.14. The Morgan fingerprint density at radius 2 is 1.56 bits per heavy atom. The van der Waals surface area contributed by atoms with Crippen LogP contribution in [0.4, 0.5) is 0 Å². The molecule has 0 saturated carbocycles. The van der Waals surface area contributed by atoms with Crippen molar-refractivity contribution in [3.05, 3.63) is 95.1 Å². The molecule has 1 unspecified atom stereocenters. The van der Waals surface area contributed by atoms with Gasteiger partial charge in [-0.25, -0.2) is 0 Å². The molecule has 1 nitrogen and oxygen atoms in total. The van der Waals surface area contributed by atoms with Gasteiger partial charge in [0.05, 0.1) is 11.6 Å². The van der Waals surface area contributed by atoms with Crippen molar-refractivity contribution >= 4 is 0 Å². The summed E-state index contributed by atoms with van der Waals surface area (Å²) >= 11 is 0. The maximum Gasteiger partial charge on any atom is 0.0991 e. The van der Waals surface area contributed by atoms with Gasteiger partial charge in [0.15, 0.2) is 0 Å². The maximum absolute atomic E-state index is 9.00. The second kappa shape index (κ2) is 7.81. The van der Waals surface area contributed by atoms with Crippen LogP contribution in [0.3, 0.4) is 0 Å². The van der Waals surface area contributed by atoms with Crippen LogP contribution in [-0.2, 0) is 6.42 Å². The van der Waals surface area contributed by atoms with Crippen molar-refractivity contribution in [3.8, 4) is 17.2 Å². The third kappa shape index (κ3) is 3.80. The fraction of sp³-hybridized carbons (Fsp3) is 0.208. The van der Waals surface area contributed by atoms with Crippen molar-refractivity contribution in [1.29, 1.82) is 5.26 Å². The van der Waals surface area contributed by atoms with E-state index in [1.807, 2.05) is 24.3 Å². The number of hydrogen-bond donors (Lipinski definition) is 0. The van der Waals surface area contributed by atoms with Crippen LogP contribution in [0.25, 0.3) is 11.1 Å². The molecule has 124 valence electrons. The normalized spacial score (nSPS) is 11.7. The highest BCUT2D eigenvalue weighted by molar-refractivity contribution is 5.69. The van der Waals surface area contributed by atoms with Gasteiger partial charge in [-0.3, -0.25) is 0 Å². The topological polar surface area (TPSA) is 23.8 Å². The summed E-state index contributed by atoms with van der Waals surface area (Å²) in [6, 6.07) is 27.6. The molecule has 0 aromatic heterocycles. The molecule has 0 saturated heterocycles. The van der Waals surface area contributed by atoms with Gasteiger partial charge < -0.3 is 0 Å². The molecule has 0 N–H and O–H groups in total. The highest BCUT2D eigenvalue weighted by atomic mass is 14.2. The summed E-state index contributed by atoms with van der Waals surface area (Å²) < 4.78 is 0. The molecule has 0 heterocycles. The number of hydrogen-bond acceptors (Lipinski definition) is 1. The van der Waals surface area contributed by atoms with Crippen molar-refractivity contribution in [2.45, 2.75) is 32.6 Å². The van der Waals surface area contributed by atoms with E-state index in [0.29, 0.717) is 11.5 Å². The molecule has 0 spiro atoms. The lowest BCUT2D eigenvalue weighted by Gasteiger charge is -2.18. The summed E-state index contributed by atoms with van der Waals surface area (Å²) in [7, 11) is 0. The minimum atomic E-state index is 0.322. The van der Waals surface area contributed by atoms with E-state index in [1.54, 1.807) is 0 Å². The highest BCUT2D eigenvalue weighted by Crippen LogP contribution is 2.33. The van der Waals surface area contributed by atoms with E-state index in [-0.39, 0.29) is 0 Å². The predicted molar refractivity (Wildman–Crippen MR) is 105 cm³/mol. The second-order valence-corrected chi connectivity index (χ2v) is 6.49. The third-order valence-corrected chi connectivity index (χ3v) is 4.77. The molecule has 3 rings (SSSR count). The van der Waals surface area contributed by atoms with Crippen LogP contribution in [0.5, 0.6) is 0 Å². The molecule has 0 fully saturated rings. The largest absolute Gasteiger partial charge is 0.192 e. The lowest BCUT2D eigenvalue weighted by Crippen LogP contribution is -1.99. The first-order valence-electron chi connectivity index (χ1n) is 8.91. The number of nitrogens with zero attached hydrogens (tertiary/aromatic N) is 1. The molecule has 3 aromatic carbocycles. The van der Waals surface area contributed by atoms with Crippen molar-refractivity contribution in [1.82, 2.24) is 0 Å². The van der Waals surface area contributed by atoms with E-state index in [1.165, 1.54) is 28.7 Å². The molecule has 0 aliphatic carbocycles. The molecule has 0 amide bonds. The Morgan fingerprint density at radius 3 is 2.20 bits per heavy atom. The Bertz CT molecular complexity index is 867. The Morgan fingerprint density at radius 1 is 0.880 bits per heavy atom. The minimum Gasteiger partial charge on any atom is -0.192 e. The molecule has 0 radical (unpaired) electrons. The summed E-state index contributed by atoms with van der Waals surface area (Å²) in [5.74, 6) is 0.322. The summed E-state index contributed by atoms with van der Waals surface area (Å²) in [6.45, 7) is 4.47. The van der Waals surface area contributed by atoms with Crippen molar-refractivity contribution in [3.63, 3.8) is 0 Å². The zero-order chi connectivity index (χ0) is 17.6. The van der Waals surface area contributed by atoms with Gasteiger partial charge in [-0.15, -0.1) is 0 Å². The van der Waals surface area contributed by atoms with Gasteiger partial charge in [0.25, 0.3) is 0 Å². The molecule has 25 heavy (non-hydrogen) atoms. The van der Waals surface area contributed by atoms with Gasteiger partial charge in [-0.2, -0.15) is 5.26 Å². The van der Waals surface area contributed by atoms with Crippen molar-refractivity contribution in [2.24, 2.45) is 0 Å². The average Bonchev–Trinajstić information content (AvgIpc) is 2.68. The summed E-state index contributed by atoms with van der Waals surface area (Å²) in [6.07, 6.45) is 2.31. The first-order valence-corrected chi connectivity index (χ1v) is 8.91. The molecule has 0 aliphatic heterocycles. The number of aryl methyl sites for hydroxylation is 1. The Labute approximate surface area is 150 Å². The lowest BCUT2D eigenvalue weighted by molar-refractivity contribution is 0.902. The molecule has 3 aromatic rings. The predicted octanol–water partition coefficient (Wildman–Crippen LogP) is 6.33. The van der Waals surface area contributed by atoms with Crippen LogP contribution < -0.4 is 0 Å². The first kappa shape index (κ1) is 17.0. The van der Waals surface area contributed by atoms with Crippen LogP contribution in [0.2, 0.25) is 0 Å². The van der Waals surface area contributed by atoms with Crippen molar-refractivity contribution in [2.75, 3.05) is 0 Å². The Balaban J connectivity index is 1.95. The molecule has 1 atom stereocenters. The molecule has 0 aliphatic rings.